The first-order valence-electron chi connectivity index (χ1n) is 9.14. The lowest BCUT2D eigenvalue weighted by Crippen LogP contribution is -2.33. The number of isocyanates is 1. The summed E-state index contributed by atoms with van der Waals surface area (Å²) < 4.78 is 11.0. The lowest BCUT2D eigenvalue weighted by Gasteiger charge is -2.28. The number of carbonyl (C=O) groups is 2. The molecular weight excluding hydrogens is 374 g/mol. The van der Waals surface area contributed by atoms with Crippen LogP contribution in [0.3, 0.4) is 0 Å². The Morgan fingerprint density at radius 2 is 2.07 bits per heavy atom. The van der Waals surface area contributed by atoms with Crippen LogP contribution in [0.25, 0.3) is 0 Å². The minimum absolute atomic E-state index is 0.0806. The molecule has 2 amide bonds. The molecule has 1 aliphatic heterocycles. The molecule has 2 aromatic carbocycles. The van der Waals surface area contributed by atoms with Crippen molar-refractivity contribution in [3.05, 3.63) is 59.2 Å². The number of nitrogens with one attached hydrogen (secondary N) is 1. The highest BCUT2D eigenvalue weighted by Crippen LogP contribution is 2.37. The maximum Gasteiger partial charge on any atom is 0.258 e. The van der Waals surface area contributed by atoms with E-state index in [1.807, 2.05) is 19.1 Å². The van der Waals surface area contributed by atoms with Gasteiger partial charge in [0.05, 0.1) is 26.2 Å². The molecule has 1 atom stereocenters. The SMILES string of the molecule is CCOc1cc(C(CC(=O)NN=C=O)N2Cc3ccccc3C2=O)ccc1OC. The van der Waals surface area contributed by atoms with Gasteiger partial charge >= 0.3 is 0 Å². The Labute approximate surface area is 168 Å². The van der Waals surface area contributed by atoms with Gasteiger partial charge in [0, 0.05) is 12.1 Å². The molecule has 0 aliphatic carbocycles. The smallest absolute Gasteiger partial charge is 0.258 e. The molecule has 29 heavy (non-hydrogen) atoms. The molecule has 8 heteroatoms. The Balaban J connectivity index is 1.98. The van der Waals surface area contributed by atoms with Gasteiger partial charge in [-0.2, -0.15) is 0 Å². The Bertz CT molecular complexity index is 969. The first-order chi connectivity index (χ1) is 14.1. The third kappa shape index (κ3) is 4.28. The zero-order valence-corrected chi connectivity index (χ0v) is 16.2. The lowest BCUT2D eigenvalue weighted by molar-refractivity contribution is -0.122. The molecule has 0 radical (unpaired) electrons. The van der Waals surface area contributed by atoms with Crippen LogP contribution < -0.4 is 14.9 Å². The summed E-state index contributed by atoms with van der Waals surface area (Å²) in [6.45, 7) is 2.67. The molecular formula is C21H21N3O5. The van der Waals surface area contributed by atoms with Crippen molar-refractivity contribution >= 4 is 17.9 Å². The van der Waals surface area contributed by atoms with Crippen LogP contribution in [0.5, 0.6) is 11.5 Å². The van der Waals surface area contributed by atoms with Crippen molar-refractivity contribution in [2.75, 3.05) is 13.7 Å². The molecule has 0 aromatic heterocycles. The van der Waals surface area contributed by atoms with Crippen molar-refractivity contribution < 1.29 is 23.9 Å². The second-order valence-corrected chi connectivity index (χ2v) is 6.39. The summed E-state index contributed by atoms with van der Waals surface area (Å²) >= 11 is 0. The average molecular weight is 395 g/mol. The van der Waals surface area contributed by atoms with E-state index in [0.717, 1.165) is 5.56 Å². The number of amides is 2. The van der Waals surface area contributed by atoms with Crippen LogP contribution in [0.2, 0.25) is 0 Å². The van der Waals surface area contributed by atoms with Crippen LogP contribution in [0.1, 0.15) is 40.9 Å². The van der Waals surface area contributed by atoms with Gasteiger partial charge in [-0.15, -0.1) is 0 Å². The largest absolute Gasteiger partial charge is 0.493 e. The molecule has 0 bridgehead atoms. The fourth-order valence-corrected chi connectivity index (χ4v) is 3.41. The summed E-state index contributed by atoms with van der Waals surface area (Å²) in [5, 5.41) is 3.12. The van der Waals surface area contributed by atoms with E-state index in [0.29, 0.717) is 35.8 Å². The number of methoxy groups -OCH3 is 1. The first-order valence-corrected chi connectivity index (χ1v) is 9.14. The number of carbonyl (C=O) groups excluding carboxylic acids is 3. The van der Waals surface area contributed by atoms with E-state index < -0.39 is 11.9 Å². The molecule has 1 unspecified atom stereocenters. The fraction of sp³-hybridized carbons (Fsp3) is 0.286. The van der Waals surface area contributed by atoms with Gasteiger partial charge in [-0.1, -0.05) is 29.4 Å². The highest BCUT2D eigenvalue weighted by molar-refractivity contribution is 5.98. The normalized spacial score (nSPS) is 13.3. The fourth-order valence-electron chi connectivity index (χ4n) is 3.41. The zero-order chi connectivity index (χ0) is 20.8. The van der Waals surface area contributed by atoms with Crippen LogP contribution in [-0.4, -0.2) is 36.5 Å². The molecule has 8 nitrogen and oxygen atoms in total. The van der Waals surface area contributed by atoms with Gasteiger partial charge in [-0.05, 0) is 36.2 Å². The Morgan fingerprint density at radius 1 is 1.28 bits per heavy atom. The highest BCUT2D eigenvalue weighted by atomic mass is 16.5. The minimum Gasteiger partial charge on any atom is -0.493 e. The van der Waals surface area contributed by atoms with Crippen LogP contribution in [0.4, 0.5) is 0 Å². The second-order valence-electron chi connectivity index (χ2n) is 6.39. The van der Waals surface area contributed by atoms with Gasteiger partial charge in [0.25, 0.3) is 12.0 Å². The molecule has 0 saturated heterocycles. The number of hydrogen-bond donors (Lipinski definition) is 1. The zero-order valence-electron chi connectivity index (χ0n) is 16.2. The monoisotopic (exact) mass is 395 g/mol. The van der Waals surface area contributed by atoms with Crippen LogP contribution in [0.15, 0.2) is 47.6 Å². The number of hydrogen-bond acceptors (Lipinski definition) is 6. The molecule has 150 valence electrons. The predicted octanol–water partition coefficient (Wildman–Crippen LogP) is 2.55. The van der Waals surface area contributed by atoms with Crippen molar-refractivity contribution in [2.45, 2.75) is 25.9 Å². The topological polar surface area (TPSA) is 97.3 Å². The summed E-state index contributed by atoms with van der Waals surface area (Å²) in [7, 11) is 1.54. The second kappa shape index (κ2) is 9.03. The van der Waals surface area contributed by atoms with E-state index in [1.54, 1.807) is 42.3 Å². The Kier molecular flexibility index (Phi) is 6.26. The van der Waals surface area contributed by atoms with Gasteiger partial charge in [0.15, 0.2) is 11.5 Å². The number of ether oxygens (including phenoxy) is 2. The number of benzene rings is 2. The van der Waals surface area contributed by atoms with Gasteiger partial charge in [-0.3, -0.25) is 9.59 Å². The Hall–Kier alpha value is -3.64. The maximum atomic E-state index is 13.0. The van der Waals surface area contributed by atoms with Crippen molar-refractivity contribution in [3.63, 3.8) is 0 Å². The summed E-state index contributed by atoms with van der Waals surface area (Å²) in [6.07, 6.45) is 1.19. The number of hydrazone groups is 1. The predicted molar refractivity (Wildman–Crippen MR) is 104 cm³/mol. The molecule has 0 fully saturated rings. The molecule has 1 heterocycles. The lowest BCUT2D eigenvalue weighted by atomic mass is 10.0. The van der Waals surface area contributed by atoms with E-state index in [9.17, 15) is 14.4 Å². The summed E-state index contributed by atoms with van der Waals surface area (Å²) in [6, 6.07) is 12.0. The molecule has 3 rings (SSSR count). The minimum atomic E-state index is -0.582. The van der Waals surface area contributed by atoms with Crippen LogP contribution >= 0.6 is 0 Å². The third-order valence-electron chi connectivity index (χ3n) is 4.70. The number of nitrogens with zero attached hydrogens (tertiary/aromatic N) is 2. The molecule has 0 spiro atoms. The average Bonchev–Trinajstić information content (AvgIpc) is 3.07. The van der Waals surface area contributed by atoms with Gasteiger partial charge < -0.3 is 14.4 Å². The van der Waals surface area contributed by atoms with E-state index >= 15 is 0 Å². The van der Waals surface area contributed by atoms with Crippen LogP contribution in [-0.2, 0) is 16.1 Å². The van der Waals surface area contributed by atoms with Gasteiger partial charge in [-0.25, -0.2) is 10.2 Å². The van der Waals surface area contributed by atoms with Crippen molar-refractivity contribution in [3.8, 4) is 11.5 Å². The Morgan fingerprint density at radius 3 is 2.76 bits per heavy atom. The standard InChI is InChI=1S/C21H21N3O5/c1-3-29-19-10-14(8-9-18(19)28-2)17(11-20(26)23-22-13-25)24-12-15-6-4-5-7-16(15)21(24)27/h4-10,17H,3,11-12H2,1-2H3,(H,23,26). The van der Waals surface area contributed by atoms with E-state index in [-0.39, 0.29) is 12.3 Å². The van der Waals surface area contributed by atoms with Gasteiger partial charge in [0.2, 0.25) is 5.91 Å². The summed E-state index contributed by atoms with van der Waals surface area (Å²) in [5.74, 6) is 0.412. The summed E-state index contributed by atoms with van der Waals surface area (Å²) in [5.41, 5.74) is 4.34. The van der Waals surface area contributed by atoms with Crippen LogP contribution in [0, 0.1) is 0 Å². The van der Waals surface area contributed by atoms with Crippen molar-refractivity contribution in [1.82, 2.24) is 10.3 Å². The number of rotatable bonds is 8. The van der Waals surface area contributed by atoms with Crippen molar-refractivity contribution in [1.29, 1.82) is 0 Å². The summed E-state index contributed by atoms with van der Waals surface area (Å²) in [4.78, 5) is 37.2. The molecule has 0 saturated carbocycles. The van der Waals surface area contributed by atoms with E-state index in [1.165, 1.54) is 6.08 Å². The quantitative estimate of drug-likeness (QED) is 0.421. The van der Waals surface area contributed by atoms with Crippen molar-refractivity contribution in [2.24, 2.45) is 5.10 Å². The maximum absolute atomic E-state index is 13.0. The van der Waals surface area contributed by atoms with Gasteiger partial charge in [0.1, 0.15) is 0 Å². The molecule has 1 aliphatic rings. The van der Waals surface area contributed by atoms with E-state index in [2.05, 4.69) is 10.5 Å². The molecule has 2 aromatic rings. The first kappa shape index (κ1) is 20.1. The highest BCUT2D eigenvalue weighted by Gasteiger charge is 2.34. The molecule has 1 N–H and O–H groups in total. The number of fused-ring (bicyclic) bond motifs is 1. The third-order valence-corrected chi connectivity index (χ3v) is 4.70. The van der Waals surface area contributed by atoms with E-state index in [4.69, 9.17) is 9.47 Å².